The van der Waals surface area contributed by atoms with Crippen molar-refractivity contribution in [1.29, 1.82) is 0 Å². The van der Waals surface area contributed by atoms with Crippen LogP contribution in [-0.4, -0.2) is 17.7 Å². The van der Waals surface area contributed by atoms with Gasteiger partial charge in [-0.15, -0.1) is 0 Å². The first-order chi connectivity index (χ1) is 13.4. The first-order valence-electron chi connectivity index (χ1n) is 9.52. The minimum absolute atomic E-state index is 0.193. The van der Waals surface area contributed by atoms with Crippen LogP contribution < -0.4 is 10.2 Å². The summed E-state index contributed by atoms with van der Waals surface area (Å²) in [4.78, 5) is 10.0. The van der Waals surface area contributed by atoms with Crippen LogP contribution in [0.2, 0.25) is 0 Å². The van der Waals surface area contributed by atoms with Gasteiger partial charge in [-0.1, -0.05) is 43.2 Å². The molecule has 2 heterocycles. The Labute approximate surface area is 162 Å². The minimum atomic E-state index is -4.46. The summed E-state index contributed by atoms with van der Waals surface area (Å²) in [6, 6.07) is 10.9. The zero-order chi connectivity index (χ0) is 19.8. The number of nitrogens with zero attached hydrogens (tertiary/aromatic N) is 1. The molecule has 1 saturated carbocycles. The van der Waals surface area contributed by atoms with Gasteiger partial charge in [0.2, 0.25) is 5.88 Å². The zero-order valence-electron chi connectivity index (χ0n) is 15.6. The molecule has 2 fully saturated rings. The number of alkyl halides is 3. The minimum Gasteiger partial charge on any atom is -0.481 e. The van der Waals surface area contributed by atoms with E-state index in [-0.39, 0.29) is 11.8 Å². The van der Waals surface area contributed by atoms with Crippen molar-refractivity contribution < 1.29 is 22.7 Å². The van der Waals surface area contributed by atoms with E-state index in [1.807, 2.05) is 18.2 Å². The van der Waals surface area contributed by atoms with Crippen LogP contribution in [0.3, 0.4) is 0 Å². The summed E-state index contributed by atoms with van der Waals surface area (Å²) < 4.78 is 44.8. The van der Waals surface area contributed by atoms with Crippen LogP contribution in [-0.2, 0) is 11.0 Å². The number of halogens is 3. The topological polar surface area (TPSA) is 43.4 Å². The van der Waals surface area contributed by atoms with Gasteiger partial charge in [0.15, 0.2) is 0 Å². The third-order valence-corrected chi connectivity index (χ3v) is 5.91. The van der Waals surface area contributed by atoms with Crippen LogP contribution >= 0.6 is 0 Å². The molecule has 2 aromatic rings. The first kappa shape index (κ1) is 19.2. The standard InChI is InChI=1S/C21H23F3N2O2/c1-27-19-16(11-15(13-25-19)21(22,23)24)18-12-20(28-26-18)10-6-5-9-17(20)14-7-3-2-4-8-14/h2-4,7-8,11,13,17-18,26H,5-6,9-10,12H2,1H3/t17-,18+,20+/m0/s1. The van der Waals surface area contributed by atoms with Crippen molar-refractivity contribution >= 4 is 0 Å². The highest BCUT2D eigenvalue weighted by molar-refractivity contribution is 5.35. The van der Waals surface area contributed by atoms with E-state index in [0.717, 1.165) is 37.9 Å². The SMILES string of the molecule is COc1ncc(C(F)(F)F)cc1[C@H]1C[C@@]2(CCCC[C@H]2c2ccccc2)ON1. The molecule has 3 atom stereocenters. The summed E-state index contributed by atoms with van der Waals surface area (Å²) in [6.45, 7) is 0. The molecule has 1 saturated heterocycles. The normalized spacial score (nSPS) is 27.9. The van der Waals surface area contributed by atoms with Crippen LogP contribution in [0, 0.1) is 0 Å². The quantitative estimate of drug-likeness (QED) is 0.783. The first-order valence-corrected chi connectivity index (χ1v) is 9.52. The van der Waals surface area contributed by atoms with Gasteiger partial charge in [-0.05, 0) is 24.5 Å². The summed E-state index contributed by atoms with van der Waals surface area (Å²) >= 11 is 0. The molecule has 28 heavy (non-hydrogen) atoms. The molecule has 150 valence electrons. The Morgan fingerprint density at radius 2 is 2.00 bits per heavy atom. The number of aromatic nitrogens is 1. The second-order valence-electron chi connectivity index (χ2n) is 7.57. The lowest BCUT2D eigenvalue weighted by Crippen LogP contribution is -2.39. The van der Waals surface area contributed by atoms with Crippen LogP contribution in [0.4, 0.5) is 13.2 Å². The maximum atomic E-state index is 13.2. The summed E-state index contributed by atoms with van der Waals surface area (Å²) in [5.74, 6) is 0.392. The summed E-state index contributed by atoms with van der Waals surface area (Å²) in [6.07, 6.45) is 0.941. The Balaban J connectivity index is 1.66. The van der Waals surface area contributed by atoms with E-state index in [1.54, 1.807) is 0 Å². The Morgan fingerprint density at radius 1 is 1.21 bits per heavy atom. The van der Waals surface area contributed by atoms with Gasteiger partial charge in [-0.2, -0.15) is 18.7 Å². The van der Waals surface area contributed by atoms with Crippen molar-refractivity contribution in [3.63, 3.8) is 0 Å². The fourth-order valence-electron chi connectivity index (χ4n) is 4.57. The fourth-order valence-corrected chi connectivity index (χ4v) is 4.57. The molecule has 4 nitrogen and oxygen atoms in total. The van der Waals surface area contributed by atoms with Crippen molar-refractivity contribution in [3.8, 4) is 5.88 Å². The van der Waals surface area contributed by atoms with Gasteiger partial charge >= 0.3 is 6.18 Å². The van der Waals surface area contributed by atoms with E-state index in [9.17, 15) is 13.2 Å². The van der Waals surface area contributed by atoms with Crippen LogP contribution in [0.15, 0.2) is 42.6 Å². The number of ether oxygens (including phenoxy) is 1. The maximum absolute atomic E-state index is 13.2. The predicted molar refractivity (Wildman–Crippen MR) is 97.8 cm³/mol. The monoisotopic (exact) mass is 392 g/mol. The highest BCUT2D eigenvalue weighted by Gasteiger charge is 2.49. The fraction of sp³-hybridized carbons (Fsp3) is 0.476. The summed E-state index contributed by atoms with van der Waals surface area (Å²) in [5, 5.41) is 0. The number of hydrogen-bond acceptors (Lipinski definition) is 4. The molecule has 4 rings (SSSR count). The Bertz CT molecular complexity index is 828. The second kappa shape index (κ2) is 7.37. The van der Waals surface area contributed by atoms with Gasteiger partial charge in [0, 0.05) is 24.1 Å². The average Bonchev–Trinajstić information content (AvgIpc) is 3.12. The highest BCUT2D eigenvalue weighted by atomic mass is 19.4. The lowest BCUT2D eigenvalue weighted by Gasteiger charge is -2.40. The Morgan fingerprint density at radius 3 is 2.71 bits per heavy atom. The third kappa shape index (κ3) is 3.49. The van der Waals surface area contributed by atoms with Crippen LogP contribution in [0.25, 0.3) is 0 Å². The smallest absolute Gasteiger partial charge is 0.417 e. The number of hydrogen-bond donors (Lipinski definition) is 1. The van der Waals surface area contributed by atoms with Crippen molar-refractivity contribution in [1.82, 2.24) is 10.5 Å². The molecule has 7 heteroatoms. The number of pyridine rings is 1. The van der Waals surface area contributed by atoms with Gasteiger partial charge in [0.25, 0.3) is 0 Å². The van der Waals surface area contributed by atoms with E-state index >= 15 is 0 Å². The molecule has 1 spiro atoms. The van der Waals surface area contributed by atoms with Gasteiger partial charge in [-0.25, -0.2) is 4.98 Å². The van der Waals surface area contributed by atoms with Crippen molar-refractivity contribution in [2.75, 3.05) is 7.11 Å². The highest BCUT2D eigenvalue weighted by Crippen LogP contribution is 2.51. The van der Waals surface area contributed by atoms with Gasteiger partial charge < -0.3 is 4.74 Å². The molecule has 1 aliphatic carbocycles. The number of benzene rings is 1. The molecule has 1 aliphatic heterocycles. The van der Waals surface area contributed by atoms with Crippen molar-refractivity contribution in [3.05, 3.63) is 59.3 Å². The van der Waals surface area contributed by atoms with E-state index in [0.29, 0.717) is 12.0 Å². The zero-order valence-corrected chi connectivity index (χ0v) is 15.6. The maximum Gasteiger partial charge on any atom is 0.417 e. The van der Waals surface area contributed by atoms with E-state index < -0.39 is 23.4 Å². The molecule has 0 radical (unpaired) electrons. The number of methoxy groups -OCH3 is 1. The molecular formula is C21H23F3N2O2. The number of rotatable bonds is 3. The lowest BCUT2D eigenvalue weighted by atomic mass is 9.69. The molecule has 2 aliphatic rings. The largest absolute Gasteiger partial charge is 0.481 e. The van der Waals surface area contributed by atoms with Crippen LogP contribution in [0.5, 0.6) is 5.88 Å². The third-order valence-electron chi connectivity index (χ3n) is 5.91. The van der Waals surface area contributed by atoms with Crippen molar-refractivity contribution in [2.45, 2.75) is 55.8 Å². The summed E-state index contributed by atoms with van der Waals surface area (Å²) in [5.41, 5.74) is 3.36. The number of nitrogens with one attached hydrogen (secondary N) is 1. The van der Waals surface area contributed by atoms with Crippen molar-refractivity contribution in [2.24, 2.45) is 0 Å². The Kier molecular flexibility index (Phi) is 5.05. The molecule has 0 bridgehead atoms. The molecule has 1 N–H and O–H groups in total. The Hall–Kier alpha value is -2.12. The summed E-state index contributed by atoms with van der Waals surface area (Å²) in [7, 11) is 1.41. The second-order valence-corrected chi connectivity index (χ2v) is 7.57. The number of hydroxylamine groups is 1. The molecule has 0 amide bonds. The van der Waals surface area contributed by atoms with Gasteiger partial charge in [0.05, 0.1) is 24.3 Å². The molecule has 1 aromatic carbocycles. The van der Waals surface area contributed by atoms with E-state index in [4.69, 9.17) is 9.57 Å². The lowest BCUT2D eigenvalue weighted by molar-refractivity contribution is -0.137. The van der Waals surface area contributed by atoms with E-state index in [2.05, 4.69) is 22.6 Å². The average molecular weight is 392 g/mol. The van der Waals surface area contributed by atoms with Crippen LogP contribution in [0.1, 0.15) is 60.8 Å². The molecular weight excluding hydrogens is 369 g/mol. The predicted octanol–water partition coefficient (Wildman–Crippen LogP) is 5.17. The molecule has 1 aromatic heterocycles. The molecule has 0 unspecified atom stereocenters. The van der Waals surface area contributed by atoms with E-state index in [1.165, 1.54) is 12.7 Å². The van der Waals surface area contributed by atoms with Gasteiger partial charge in [-0.3, -0.25) is 4.84 Å². The van der Waals surface area contributed by atoms with Gasteiger partial charge in [0.1, 0.15) is 0 Å².